The number of rotatable bonds is 5. The highest BCUT2D eigenvalue weighted by Crippen LogP contribution is 2.50. The molecular weight excluding hydrogens is 516 g/mol. The minimum atomic E-state index is -3.81. The largest absolute Gasteiger partial charge is 0.586 e. The van der Waals surface area contributed by atoms with E-state index in [1.165, 1.54) is 22.9 Å². The van der Waals surface area contributed by atoms with Gasteiger partial charge in [-0.3, -0.25) is 9.59 Å². The molecule has 204 valence electrons. The molecule has 3 aromatic rings. The Bertz CT molecular complexity index is 1530. The summed E-state index contributed by atoms with van der Waals surface area (Å²) in [5, 5.41) is 7.24. The average molecular weight is 542 g/mol. The Morgan fingerprint density at radius 2 is 1.79 bits per heavy atom. The third kappa shape index (κ3) is 4.59. The SMILES string of the molecule is CC1(C)OC[C@@H](Cn2nc(-c3ccccc3)cc(NC(=O)C3(C)COc4cc5c(cc43)OC(F)(F)O5)c2=O)O1. The predicted molar refractivity (Wildman–Crippen MR) is 133 cm³/mol. The van der Waals surface area contributed by atoms with Crippen LogP contribution in [0.2, 0.25) is 0 Å². The maximum absolute atomic E-state index is 13.6. The number of alkyl halides is 2. The Morgan fingerprint density at radius 3 is 2.49 bits per heavy atom. The third-order valence-corrected chi connectivity index (χ3v) is 6.85. The number of hydrogen-bond donors (Lipinski definition) is 1. The molecule has 1 saturated heterocycles. The number of fused-ring (bicyclic) bond motifs is 2. The van der Waals surface area contributed by atoms with Crippen LogP contribution in [0.4, 0.5) is 14.5 Å². The summed E-state index contributed by atoms with van der Waals surface area (Å²) in [6.45, 7) is 5.46. The van der Waals surface area contributed by atoms with Crippen LogP contribution >= 0.6 is 0 Å². The van der Waals surface area contributed by atoms with Crippen LogP contribution < -0.4 is 25.1 Å². The van der Waals surface area contributed by atoms with Gasteiger partial charge in [-0.2, -0.15) is 5.10 Å². The van der Waals surface area contributed by atoms with Gasteiger partial charge in [0.1, 0.15) is 29.6 Å². The van der Waals surface area contributed by atoms with Gasteiger partial charge in [-0.15, -0.1) is 8.78 Å². The van der Waals surface area contributed by atoms with Crippen LogP contribution in [0.25, 0.3) is 11.3 Å². The van der Waals surface area contributed by atoms with Crippen molar-refractivity contribution in [2.75, 3.05) is 18.5 Å². The smallest absolute Gasteiger partial charge is 0.492 e. The summed E-state index contributed by atoms with van der Waals surface area (Å²) < 4.78 is 54.6. The number of carbonyl (C=O) groups is 1. The normalized spacial score (nSPS) is 23.8. The van der Waals surface area contributed by atoms with Gasteiger partial charge >= 0.3 is 6.29 Å². The van der Waals surface area contributed by atoms with Gasteiger partial charge in [-0.05, 0) is 32.9 Å². The molecule has 2 atom stereocenters. The molecule has 10 nitrogen and oxygen atoms in total. The first-order valence-corrected chi connectivity index (χ1v) is 12.3. The summed E-state index contributed by atoms with van der Waals surface area (Å²) in [5.41, 5.74) is -0.330. The van der Waals surface area contributed by atoms with Crippen LogP contribution in [0, 0.1) is 0 Å². The number of halogens is 2. The Morgan fingerprint density at radius 1 is 1.08 bits per heavy atom. The number of nitrogens with one attached hydrogen (secondary N) is 1. The fourth-order valence-corrected chi connectivity index (χ4v) is 4.83. The number of carbonyl (C=O) groups excluding carboxylic acids is 1. The second-order valence-electron chi connectivity index (χ2n) is 10.3. The quantitative estimate of drug-likeness (QED) is 0.521. The molecule has 1 unspecified atom stereocenters. The van der Waals surface area contributed by atoms with Gasteiger partial charge in [0.05, 0.1) is 18.8 Å². The summed E-state index contributed by atoms with van der Waals surface area (Å²) in [7, 11) is 0. The zero-order valence-corrected chi connectivity index (χ0v) is 21.3. The minimum Gasteiger partial charge on any atom is -0.492 e. The number of aromatic nitrogens is 2. The molecule has 12 heteroatoms. The van der Waals surface area contributed by atoms with E-state index >= 15 is 0 Å². The molecule has 0 bridgehead atoms. The van der Waals surface area contributed by atoms with Crippen molar-refractivity contribution in [1.82, 2.24) is 9.78 Å². The molecule has 4 heterocycles. The number of hydrogen-bond acceptors (Lipinski definition) is 8. The third-order valence-electron chi connectivity index (χ3n) is 6.85. The summed E-state index contributed by atoms with van der Waals surface area (Å²) in [6.07, 6.45) is -4.23. The molecule has 1 N–H and O–H groups in total. The zero-order chi connectivity index (χ0) is 27.6. The van der Waals surface area contributed by atoms with Crippen molar-refractivity contribution in [3.63, 3.8) is 0 Å². The average Bonchev–Trinajstić information content (AvgIpc) is 3.51. The van der Waals surface area contributed by atoms with E-state index in [4.69, 9.17) is 14.2 Å². The Hall–Kier alpha value is -4.03. The van der Waals surface area contributed by atoms with Gasteiger partial charge in [-0.1, -0.05) is 30.3 Å². The Kier molecular flexibility index (Phi) is 5.67. The first-order chi connectivity index (χ1) is 18.4. The molecule has 1 aromatic heterocycles. The van der Waals surface area contributed by atoms with E-state index in [1.54, 1.807) is 20.8 Å². The second kappa shape index (κ2) is 8.75. The van der Waals surface area contributed by atoms with Gasteiger partial charge in [-0.25, -0.2) is 4.68 Å². The van der Waals surface area contributed by atoms with Crippen molar-refractivity contribution in [2.24, 2.45) is 0 Å². The van der Waals surface area contributed by atoms with Crippen LogP contribution in [0.5, 0.6) is 17.2 Å². The highest BCUT2D eigenvalue weighted by molar-refractivity contribution is 6.00. The van der Waals surface area contributed by atoms with E-state index in [0.29, 0.717) is 11.3 Å². The monoisotopic (exact) mass is 541 g/mol. The molecule has 3 aliphatic rings. The molecule has 2 aromatic carbocycles. The number of amides is 1. The zero-order valence-electron chi connectivity index (χ0n) is 21.3. The lowest BCUT2D eigenvalue weighted by Crippen LogP contribution is -2.41. The van der Waals surface area contributed by atoms with Crippen molar-refractivity contribution in [3.05, 3.63) is 64.4 Å². The van der Waals surface area contributed by atoms with Crippen LogP contribution in [0.15, 0.2) is 53.3 Å². The summed E-state index contributed by atoms with van der Waals surface area (Å²) in [5.74, 6) is -1.53. The van der Waals surface area contributed by atoms with E-state index in [0.717, 1.165) is 5.56 Å². The van der Waals surface area contributed by atoms with Crippen molar-refractivity contribution < 1.29 is 37.3 Å². The Labute approximate surface area is 221 Å². The highest BCUT2D eigenvalue weighted by Gasteiger charge is 2.49. The lowest BCUT2D eigenvalue weighted by molar-refractivity contribution is -0.286. The number of anilines is 1. The highest BCUT2D eigenvalue weighted by atomic mass is 19.3. The van der Waals surface area contributed by atoms with Crippen LogP contribution in [-0.4, -0.2) is 47.1 Å². The lowest BCUT2D eigenvalue weighted by Gasteiger charge is -2.22. The maximum Gasteiger partial charge on any atom is 0.586 e. The van der Waals surface area contributed by atoms with Crippen molar-refractivity contribution in [2.45, 2.75) is 50.9 Å². The van der Waals surface area contributed by atoms with Gasteiger partial charge in [0.2, 0.25) is 5.91 Å². The molecule has 1 amide bonds. The molecule has 6 rings (SSSR count). The summed E-state index contributed by atoms with van der Waals surface area (Å²) in [4.78, 5) is 27.1. The molecular formula is C27H25F2N3O7. The number of ether oxygens (including phenoxy) is 5. The predicted octanol–water partition coefficient (Wildman–Crippen LogP) is 3.67. The minimum absolute atomic E-state index is 0.00557. The van der Waals surface area contributed by atoms with Crippen molar-refractivity contribution in [3.8, 4) is 28.5 Å². The van der Waals surface area contributed by atoms with Gasteiger partial charge < -0.3 is 29.0 Å². The van der Waals surface area contributed by atoms with Crippen LogP contribution in [-0.2, 0) is 26.2 Å². The first-order valence-electron chi connectivity index (χ1n) is 12.3. The molecule has 3 aliphatic heterocycles. The standard InChI is InChI=1S/C27H25F2N3O7/c1-25(2)36-13-16(37-25)12-32-23(33)19(10-18(31-32)15-7-5-4-6-8-15)30-24(34)26(3)14-35-20-11-22-21(9-17(20)26)38-27(28,29)39-22/h4-11,16H,12-14H2,1-3H3,(H,30,34)/t16-,26?/m1/s1. The molecule has 39 heavy (non-hydrogen) atoms. The van der Waals surface area contributed by atoms with Gasteiger partial charge in [0, 0.05) is 17.2 Å². The Balaban J connectivity index is 1.34. The number of nitrogens with zero attached hydrogens (tertiary/aromatic N) is 2. The van der Waals surface area contributed by atoms with Crippen molar-refractivity contribution >= 4 is 11.6 Å². The van der Waals surface area contributed by atoms with Gasteiger partial charge in [0.25, 0.3) is 5.56 Å². The van der Waals surface area contributed by atoms with E-state index in [1.807, 2.05) is 30.3 Å². The summed E-state index contributed by atoms with van der Waals surface area (Å²) >= 11 is 0. The summed E-state index contributed by atoms with van der Waals surface area (Å²) in [6, 6.07) is 13.3. The molecule has 0 spiro atoms. The van der Waals surface area contributed by atoms with E-state index < -0.39 is 35.1 Å². The van der Waals surface area contributed by atoms with Crippen LogP contribution in [0.1, 0.15) is 26.3 Å². The fraction of sp³-hybridized carbons (Fsp3) is 0.370. The molecule has 0 radical (unpaired) electrons. The van der Waals surface area contributed by atoms with Gasteiger partial charge in [0.15, 0.2) is 17.3 Å². The topological polar surface area (TPSA) is 110 Å². The van der Waals surface area contributed by atoms with Crippen LogP contribution in [0.3, 0.4) is 0 Å². The van der Waals surface area contributed by atoms with Crippen molar-refractivity contribution in [1.29, 1.82) is 0 Å². The fourth-order valence-electron chi connectivity index (χ4n) is 4.83. The first kappa shape index (κ1) is 25.3. The van der Waals surface area contributed by atoms with E-state index in [-0.39, 0.29) is 42.7 Å². The number of benzene rings is 2. The van der Waals surface area contributed by atoms with E-state index in [9.17, 15) is 18.4 Å². The maximum atomic E-state index is 13.6. The second-order valence-corrected chi connectivity index (χ2v) is 10.3. The molecule has 1 fully saturated rings. The van der Waals surface area contributed by atoms with E-state index in [2.05, 4.69) is 19.9 Å². The molecule has 0 aliphatic carbocycles. The molecule has 0 saturated carbocycles. The lowest BCUT2D eigenvalue weighted by atomic mass is 9.83.